The summed E-state index contributed by atoms with van der Waals surface area (Å²) in [6.45, 7) is 9.22. The van der Waals surface area contributed by atoms with E-state index in [0.717, 1.165) is 12.0 Å². The van der Waals surface area contributed by atoms with Crippen LogP contribution in [0.2, 0.25) is 0 Å². The van der Waals surface area contributed by atoms with Gasteiger partial charge in [-0.15, -0.1) is 24.0 Å². The topological polar surface area (TPSA) is 79.5 Å². The Labute approximate surface area is 150 Å². The quantitative estimate of drug-likeness (QED) is 0.391. The summed E-state index contributed by atoms with van der Waals surface area (Å²) in [5.74, 6) is 0.354. The molecule has 1 amide bonds. The van der Waals surface area contributed by atoms with Gasteiger partial charge in [-0.2, -0.15) is 0 Å². The molecule has 0 saturated heterocycles. The highest BCUT2D eigenvalue weighted by Crippen LogP contribution is 2.07. The van der Waals surface area contributed by atoms with Crippen LogP contribution in [0.5, 0.6) is 0 Å². The lowest BCUT2D eigenvalue weighted by Crippen LogP contribution is -2.44. The van der Waals surface area contributed by atoms with Crippen molar-refractivity contribution < 1.29 is 4.79 Å². The number of aliphatic imine (C=N–C) groups is 1. The third-order valence-electron chi connectivity index (χ3n) is 2.66. The Morgan fingerprint density at radius 1 is 1.32 bits per heavy atom. The van der Waals surface area contributed by atoms with E-state index in [1.807, 2.05) is 45.9 Å². The lowest BCUT2D eigenvalue weighted by Gasteiger charge is -2.21. The fourth-order valence-electron chi connectivity index (χ4n) is 1.75. The average Bonchev–Trinajstić information content (AvgIpc) is 2.41. The van der Waals surface area contributed by atoms with Gasteiger partial charge in [0.1, 0.15) is 0 Å². The zero-order valence-corrected chi connectivity index (χ0v) is 16.1. The van der Waals surface area contributed by atoms with Crippen LogP contribution in [0.4, 0.5) is 0 Å². The van der Waals surface area contributed by atoms with Crippen LogP contribution in [0.3, 0.4) is 0 Å². The Morgan fingerprint density at radius 2 is 2.00 bits per heavy atom. The van der Waals surface area contributed by atoms with Crippen LogP contribution in [-0.4, -0.2) is 24.0 Å². The summed E-state index contributed by atoms with van der Waals surface area (Å²) in [5, 5.41) is 5.96. The summed E-state index contributed by atoms with van der Waals surface area (Å²) in [7, 11) is 0. The maximum atomic E-state index is 11.9. The fraction of sp³-hybridized carbons (Fsp3) is 0.500. The summed E-state index contributed by atoms with van der Waals surface area (Å²) in [4.78, 5) is 16.2. The largest absolute Gasteiger partial charge is 0.370 e. The highest BCUT2D eigenvalue weighted by molar-refractivity contribution is 14.0. The molecular weight excluding hydrogens is 391 g/mol. The second-order valence-electron chi connectivity index (χ2n) is 6.03. The number of nitrogens with two attached hydrogens (primary N) is 1. The summed E-state index contributed by atoms with van der Waals surface area (Å²) in [6.07, 6.45) is 0.921. The lowest BCUT2D eigenvalue weighted by molar-refractivity contribution is 0.0953. The minimum atomic E-state index is -0.116. The van der Waals surface area contributed by atoms with Gasteiger partial charge in [0.2, 0.25) is 0 Å². The number of nitrogens with one attached hydrogen (secondary N) is 2. The molecule has 6 heteroatoms. The van der Waals surface area contributed by atoms with E-state index in [-0.39, 0.29) is 35.4 Å². The normalized spacial score (nSPS) is 11.5. The molecular formula is C16H27IN4O. The molecule has 0 saturated carbocycles. The Bertz CT molecular complexity index is 509. The monoisotopic (exact) mass is 418 g/mol. The third kappa shape index (κ3) is 8.21. The number of rotatable bonds is 5. The maximum absolute atomic E-state index is 11.9. The van der Waals surface area contributed by atoms with Gasteiger partial charge in [0.25, 0.3) is 5.91 Å². The van der Waals surface area contributed by atoms with Crippen LogP contribution in [0.1, 0.15) is 50.0 Å². The predicted molar refractivity (Wildman–Crippen MR) is 103 cm³/mol. The minimum Gasteiger partial charge on any atom is -0.370 e. The number of carbonyl (C=O) groups excluding carboxylic acids is 1. The van der Waals surface area contributed by atoms with Crippen molar-refractivity contribution in [3.8, 4) is 0 Å². The van der Waals surface area contributed by atoms with Gasteiger partial charge in [0.05, 0.1) is 6.54 Å². The second kappa shape index (κ2) is 9.66. The first-order chi connectivity index (χ1) is 9.81. The van der Waals surface area contributed by atoms with Crippen molar-refractivity contribution in [1.29, 1.82) is 0 Å². The van der Waals surface area contributed by atoms with Crippen molar-refractivity contribution in [3.63, 3.8) is 0 Å². The Balaban J connectivity index is 0.00000441. The molecule has 0 spiro atoms. The number of nitrogens with zero attached hydrogens (tertiary/aromatic N) is 1. The molecule has 0 fully saturated rings. The lowest BCUT2D eigenvalue weighted by atomic mass is 10.1. The molecule has 124 valence electrons. The van der Waals surface area contributed by atoms with E-state index in [4.69, 9.17) is 5.73 Å². The molecule has 4 N–H and O–H groups in total. The van der Waals surface area contributed by atoms with Gasteiger partial charge >= 0.3 is 0 Å². The van der Waals surface area contributed by atoms with E-state index in [9.17, 15) is 4.79 Å². The van der Waals surface area contributed by atoms with Crippen LogP contribution in [0.25, 0.3) is 0 Å². The first-order valence-corrected chi connectivity index (χ1v) is 7.27. The van der Waals surface area contributed by atoms with E-state index in [1.54, 1.807) is 6.07 Å². The van der Waals surface area contributed by atoms with Gasteiger partial charge in [-0.3, -0.25) is 4.79 Å². The fourth-order valence-corrected chi connectivity index (χ4v) is 1.75. The molecule has 1 rings (SSSR count). The number of carbonyl (C=O) groups is 1. The van der Waals surface area contributed by atoms with Crippen molar-refractivity contribution in [1.82, 2.24) is 10.6 Å². The molecule has 0 atom stereocenters. The average molecular weight is 418 g/mol. The molecule has 0 heterocycles. The van der Waals surface area contributed by atoms with Crippen molar-refractivity contribution in [2.45, 2.75) is 46.2 Å². The molecule has 0 aliphatic rings. The minimum absolute atomic E-state index is 0. The molecule has 1 aromatic rings. The van der Waals surface area contributed by atoms with Gasteiger partial charge in [-0.25, -0.2) is 4.99 Å². The van der Waals surface area contributed by atoms with Gasteiger partial charge in [-0.1, -0.05) is 19.1 Å². The number of hydrogen-bond acceptors (Lipinski definition) is 2. The molecule has 1 aromatic carbocycles. The number of hydrogen-bond donors (Lipinski definition) is 3. The van der Waals surface area contributed by atoms with Crippen LogP contribution < -0.4 is 16.4 Å². The highest BCUT2D eigenvalue weighted by atomic mass is 127. The molecule has 0 aromatic heterocycles. The molecule has 22 heavy (non-hydrogen) atoms. The van der Waals surface area contributed by atoms with E-state index in [0.29, 0.717) is 24.6 Å². The predicted octanol–water partition coefficient (Wildman–Crippen LogP) is 2.65. The molecule has 0 aliphatic heterocycles. The molecule has 0 unspecified atom stereocenters. The molecule has 5 nitrogen and oxygen atoms in total. The molecule has 0 aliphatic carbocycles. The van der Waals surface area contributed by atoms with Crippen molar-refractivity contribution in [3.05, 3.63) is 35.4 Å². The highest BCUT2D eigenvalue weighted by Gasteiger charge is 2.10. The van der Waals surface area contributed by atoms with E-state index in [2.05, 4.69) is 15.6 Å². The molecule has 0 bridgehead atoms. The zero-order chi connectivity index (χ0) is 15.9. The Morgan fingerprint density at radius 3 is 2.59 bits per heavy atom. The summed E-state index contributed by atoms with van der Waals surface area (Å²) >= 11 is 0. The van der Waals surface area contributed by atoms with E-state index < -0.39 is 0 Å². The molecule has 0 radical (unpaired) electrons. The van der Waals surface area contributed by atoms with Gasteiger partial charge in [0, 0.05) is 17.6 Å². The second-order valence-corrected chi connectivity index (χ2v) is 6.03. The van der Waals surface area contributed by atoms with Crippen molar-refractivity contribution >= 4 is 35.8 Å². The Hall–Kier alpha value is -1.31. The summed E-state index contributed by atoms with van der Waals surface area (Å²) < 4.78 is 0. The van der Waals surface area contributed by atoms with Crippen molar-refractivity contribution in [2.75, 3.05) is 6.54 Å². The van der Waals surface area contributed by atoms with Crippen LogP contribution in [-0.2, 0) is 6.54 Å². The number of halogens is 1. The zero-order valence-electron chi connectivity index (χ0n) is 13.8. The number of amides is 1. The van der Waals surface area contributed by atoms with E-state index >= 15 is 0 Å². The summed E-state index contributed by atoms with van der Waals surface area (Å²) in [5.41, 5.74) is 7.32. The van der Waals surface area contributed by atoms with Crippen LogP contribution in [0.15, 0.2) is 29.3 Å². The SMILES string of the molecule is CCCNC(=O)c1cccc(CN=C(N)NC(C)(C)C)c1.I. The first kappa shape index (κ1) is 20.7. The summed E-state index contributed by atoms with van der Waals surface area (Å²) in [6, 6.07) is 7.44. The standard InChI is InChI=1S/C16H26N4O.HI/c1-5-9-18-14(21)13-8-6-7-12(10-13)11-19-15(17)20-16(2,3)4;/h6-8,10H,5,9,11H2,1-4H3,(H,18,21)(H3,17,19,20);1H. The number of benzene rings is 1. The Kier molecular flexibility index (Phi) is 9.08. The van der Waals surface area contributed by atoms with Gasteiger partial charge < -0.3 is 16.4 Å². The number of guanidine groups is 1. The van der Waals surface area contributed by atoms with Crippen molar-refractivity contribution in [2.24, 2.45) is 10.7 Å². The van der Waals surface area contributed by atoms with Gasteiger partial charge in [0.15, 0.2) is 5.96 Å². The van der Waals surface area contributed by atoms with Crippen LogP contribution in [0, 0.1) is 0 Å². The first-order valence-electron chi connectivity index (χ1n) is 7.27. The third-order valence-corrected chi connectivity index (χ3v) is 2.66. The van der Waals surface area contributed by atoms with Gasteiger partial charge in [-0.05, 0) is 44.9 Å². The van der Waals surface area contributed by atoms with E-state index in [1.165, 1.54) is 0 Å². The maximum Gasteiger partial charge on any atom is 0.251 e. The smallest absolute Gasteiger partial charge is 0.251 e. The van der Waals surface area contributed by atoms with Crippen LogP contribution >= 0.6 is 24.0 Å².